The van der Waals surface area contributed by atoms with Gasteiger partial charge in [0.2, 0.25) is 11.8 Å². The van der Waals surface area contributed by atoms with E-state index in [2.05, 4.69) is 5.32 Å². The Morgan fingerprint density at radius 1 is 1.00 bits per heavy atom. The summed E-state index contributed by atoms with van der Waals surface area (Å²) in [5.41, 5.74) is -0.694. The third-order valence-electron chi connectivity index (χ3n) is 14.2. The molecule has 0 spiro atoms. The van der Waals surface area contributed by atoms with Crippen LogP contribution in [0.15, 0.2) is 30.3 Å². The molecular weight excluding hydrogens is 851 g/mol. The number of carbonyl (C=O) groups excluding carboxylic acids is 4. The molecule has 5 aliphatic heterocycles. The van der Waals surface area contributed by atoms with Gasteiger partial charge >= 0.3 is 11.9 Å². The number of hydroxylamine groups is 2. The SMILES string of the molecule is CC(C)(C)OC(=O)CC[C@@H](CO)NC(=O)[C@H]1CCCN1C(=O)[C@@]12C[C@H]3OC(=O)[C@@H]1N(Cc1cccc(C=CCO[C@H]4O[C@H](CO)[C@H](O)[C@H](O)[C@H]4O)c1)O[C@@H]2[C@H]1OC(C2CC2)(C2CC2)O[C@H]13. The number of benzene rings is 1. The van der Waals surface area contributed by atoms with Crippen LogP contribution in [0.1, 0.15) is 89.7 Å². The van der Waals surface area contributed by atoms with Crippen LogP contribution >= 0.6 is 0 Å². The van der Waals surface area contributed by atoms with E-state index in [-0.39, 0.29) is 50.8 Å². The summed E-state index contributed by atoms with van der Waals surface area (Å²) in [7, 11) is 0. The molecule has 2 bridgehead atoms. The van der Waals surface area contributed by atoms with Crippen LogP contribution in [0.3, 0.4) is 0 Å². The third-order valence-corrected chi connectivity index (χ3v) is 14.2. The highest BCUT2D eigenvalue weighted by molar-refractivity contribution is 5.96. The molecule has 0 radical (unpaired) electrons. The first-order valence-corrected chi connectivity index (χ1v) is 23.2. The number of fused-ring (bicyclic) bond motifs is 4. The average Bonchev–Trinajstić information content (AvgIpc) is 4.19. The van der Waals surface area contributed by atoms with Crippen LogP contribution in [-0.2, 0) is 59.0 Å². The standard InChI is InChI=1S/C46H63N3O16/c1-44(2,3)62-32(52)16-15-28(22-50)47-40(56)29-10-5-17-48(29)43(58)45-20-30-36-37(64-46(63-36,26-11-12-26)27-13-14-27)39(45)65-49(38(45)41(57)60-30)21-25-8-4-7-24(19-25)9-6-18-59-42-35(55)34(54)33(53)31(23-51)61-42/h4,6-9,19,26-31,33-39,42,50-51,53-55H,5,10-18,20-23H2,1-3H3,(H,47,56)/t28-,29+,30+,31+,33-,34-,35+,36-,37-,38-,39+,42-,45-/m0/s1. The Morgan fingerprint density at radius 2 is 1.74 bits per heavy atom. The summed E-state index contributed by atoms with van der Waals surface area (Å²) >= 11 is 0. The minimum absolute atomic E-state index is 0.0216. The number of hydrogen-bond donors (Lipinski definition) is 6. The molecule has 8 aliphatic rings. The van der Waals surface area contributed by atoms with Crippen molar-refractivity contribution in [3.63, 3.8) is 0 Å². The molecule has 2 amide bonds. The zero-order valence-corrected chi connectivity index (χ0v) is 37.1. The number of ether oxygens (including phenoxy) is 6. The van der Waals surface area contributed by atoms with Crippen molar-refractivity contribution in [2.45, 2.75) is 170 Å². The number of amides is 2. The fraction of sp³-hybridized carbons (Fsp3) is 0.739. The summed E-state index contributed by atoms with van der Waals surface area (Å²) in [4.78, 5) is 64.9. The average molecular weight is 914 g/mol. The van der Waals surface area contributed by atoms with Gasteiger partial charge in [0.15, 0.2) is 18.1 Å². The Kier molecular flexibility index (Phi) is 13.0. The molecule has 8 fully saturated rings. The zero-order chi connectivity index (χ0) is 46.0. The Labute approximate surface area is 377 Å². The number of aliphatic hydroxyl groups is 5. The number of likely N-dealkylation sites (tertiary alicyclic amines) is 1. The van der Waals surface area contributed by atoms with Crippen LogP contribution < -0.4 is 5.32 Å². The van der Waals surface area contributed by atoms with Gasteiger partial charge in [0.1, 0.15) is 65.9 Å². The molecule has 65 heavy (non-hydrogen) atoms. The normalized spacial score (nSPS) is 37.0. The Balaban J connectivity index is 0.946. The maximum Gasteiger partial charge on any atom is 0.327 e. The highest BCUT2D eigenvalue weighted by Gasteiger charge is 2.78. The van der Waals surface area contributed by atoms with E-state index in [0.29, 0.717) is 12.8 Å². The van der Waals surface area contributed by atoms with Crippen LogP contribution in [0.5, 0.6) is 0 Å². The molecule has 19 nitrogen and oxygen atoms in total. The predicted octanol–water partition coefficient (Wildman–Crippen LogP) is 0.207. The molecule has 0 aromatic heterocycles. The summed E-state index contributed by atoms with van der Waals surface area (Å²) in [6.07, 6.45) is -1.74. The Hall–Kier alpha value is -3.60. The van der Waals surface area contributed by atoms with E-state index in [9.17, 15) is 39.9 Å². The second-order valence-corrected chi connectivity index (χ2v) is 20.0. The molecule has 0 unspecified atom stereocenters. The number of hydrogen-bond acceptors (Lipinski definition) is 17. The van der Waals surface area contributed by atoms with Gasteiger partial charge in [-0.15, -0.1) is 0 Å². The third kappa shape index (κ3) is 8.87. The van der Waals surface area contributed by atoms with Crippen LogP contribution in [0.4, 0.5) is 0 Å². The van der Waals surface area contributed by atoms with Crippen molar-refractivity contribution in [2.24, 2.45) is 17.3 Å². The number of rotatable bonds is 16. The van der Waals surface area contributed by atoms with E-state index in [0.717, 1.165) is 36.8 Å². The van der Waals surface area contributed by atoms with Crippen molar-refractivity contribution in [1.29, 1.82) is 0 Å². The first-order chi connectivity index (χ1) is 31.1. The molecule has 6 N–H and O–H groups in total. The second-order valence-electron chi connectivity index (χ2n) is 20.0. The molecule has 13 atom stereocenters. The summed E-state index contributed by atoms with van der Waals surface area (Å²) in [6, 6.07) is 4.58. The number of aliphatic hydroxyl groups excluding tert-OH is 5. The van der Waals surface area contributed by atoms with Crippen molar-refractivity contribution in [2.75, 3.05) is 26.4 Å². The van der Waals surface area contributed by atoms with Crippen molar-refractivity contribution in [3.05, 3.63) is 41.5 Å². The van der Waals surface area contributed by atoms with Crippen molar-refractivity contribution in [1.82, 2.24) is 15.3 Å². The van der Waals surface area contributed by atoms with Gasteiger partial charge in [0.05, 0.1) is 32.4 Å². The molecule has 5 heterocycles. The van der Waals surface area contributed by atoms with Gasteiger partial charge in [-0.25, -0.2) is 0 Å². The maximum atomic E-state index is 15.5. The first kappa shape index (κ1) is 46.5. The summed E-state index contributed by atoms with van der Waals surface area (Å²) in [5, 5.41) is 54.6. The van der Waals surface area contributed by atoms with E-state index in [1.54, 1.807) is 37.8 Å². The smallest absolute Gasteiger partial charge is 0.327 e. The van der Waals surface area contributed by atoms with Gasteiger partial charge in [0, 0.05) is 31.2 Å². The van der Waals surface area contributed by atoms with Crippen LogP contribution in [0.25, 0.3) is 6.08 Å². The van der Waals surface area contributed by atoms with Crippen LogP contribution in [0.2, 0.25) is 0 Å². The molecule has 3 saturated carbocycles. The van der Waals surface area contributed by atoms with Gasteiger partial charge in [0.25, 0.3) is 0 Å². The molecule has 3 aliphatic carbocycles. The van der Waals surface area contributed by atoms with E-state index in [4.69, 9.17) is 33.3 Å². The van der Waals surface area contributed by atoms with Crippen LogP contribution in [-0.4, -0.2) is 170 Å². The lowest BCUT2D eigenvalue weighted by Crippen LogP contribution is -2.70. The number of carbonyl (C=O) groups is 4. The largest absolute Gasteiger partial charge is 0.460 e. The van der Waals surface area contributed by atoms with Gasteiger partial charge in [-0.3, -0.25) is 24.0 Å². The van der Waals surface area contributed by atoms with Gasteiger partial charge in [-0.1, -0.05) is 36.4 Å². The maximum absolute atomic E-state index is 15.5. The number of esters is 2. The van der Waals surface area contributed by atoms with Gasteiger partial charge in [-0.2, -0.15) is 5.06 Å². The van der Waals surface area contributed by atoms with Gasteiger partial charge in [-0.05, 0) is 76.8 Å². The van der Waals surface area contributed by atoms with Crippen molar-refractivity contribution >= 4 is 29.8 Å². The van der Waals surface area contributed by atoms with E-state index in [1.807, 2.05) is 24.3 Å². The monoisotopic (exact) mass is 913 g/mol. The Morgan fingerprint density at radius 3 is 2.43 bits per heavy atom. The molecule has 5 saturated heterocycles. The van der Waals surface area contributed by atoms with E-state index >= 15 is 4.79 Å². The molecule has 9 rings (SSSR count). The summed E-state index contributed by atoms with van der Waals surface area (Å²) in [5.74, 6) is -2.42. The van der Waals surface area contributed by atoms with Crippen molar-refractivity contribution in [3.8, 4) is 0 Å². The quantitative estimate of drug-likeness (QED) is 0.121. The highest BCUT2D eigenvalue weighted by atomic mass is 16.8. The minimum atomic E-state index is -1.56. The Bertz CT molecular complexity index is 1970. The molecular formula is C46H63N3O16. The molecule has 358 valence electrons. The highest BCUT2D eigenvalue weighted by Crippen LogP contribution is 2.64. The first-order valence-electron chi connectivity index (χ1n) is 23.2. The second kappa shape index (κ2) is 18.1. The van der Waals surface area contributed by atoms with Crippen molar-refractivity contribution < 1.29 is 78.0 Å². The predicted molar refractivity (Wildman–Crippen MR) is 223 cm³/mol. The lowest BCUT2D eigenvalue weighted by molar-refractivity contribution is -0.298. The van der Waals surface area contributed by atoms with Gasteiger partial charge < -0.3 is 64.2 Å². The summed E-state index contributed by atoms with van der Waals surface area (Å²) < 4.78 is 36.6. The zero-order valence-electron chi connectivity index (χ0n) is 37.1. The van der Waals surface area contributed by atoms with Crippen LogP contribution in [0, 0.1) is 17.3 Å². The molecule has 19 heteroatoms. The lowest BCUT2D eigenvalue weighted by atomic mass is 9.62. The van der Waals surface area contributed by atoms with E-state index in [1.165, 1.54) is 5.06 Å². The fourth-order valence-electron chi connectivity index (χ4n) is 10.9. The fourth-order valence-corrected chi connectivity index (χ4v) is 10.9. The minimum Gasteiger partial charge on any atom is -0.460 e. The summed E-state index contributed by atoms with van der Waals surface area (Å²) in [6.45, 7) is 4.58. The number of nitrogens with zero attached hydrogens (tertiary/aromatic N) is 2. The van der Waals surface area contributed by atoms with E-state index < -0.39 is 127 Å². The number of nitrogens with one attached hydrogen (secondary N) is 1. The molecule has 1 aromatic carbocycles. The lowest BCUT2D eigenvalue weighted by Gasteiger charge is -2.50. The topological polar surface area (TPSA) is 253 Å². The molecule has 1 aromatic rings.